The third-order valence-electron chi connectivity index (χ3n) is 14.3. The molecule has 0 saturated carbocycles. The molecule has 0 bridgehead atoms. The SMILES string of the molecule is [C-]#[N+]c1cccc(-c2cc3c4c(c2)-n2c5ccc(C)cc5c5cc(N(c6ccccc6)c6ccccc6)cc(c52)B4c2cc(N(c4ccccc4)c4ccccc4)cc(-c4cc(C)ccc4C)c2N3)c1. The second kappa shape index (κ2) is 16.3. The van der Waals surface area contributed by atoms with E-state index in [1.54, 1.807) is 0 Å². The van der Waals surface area contributed by atoms with E-state index < -0.39 is 0 Å². The Kier molecular flexibility index (Phi) is 9.61. The number of nitrogens with zero attached hydrogens (tertiary/aromatic N) is 4. The molecule has 10 aromatic carbocycles. The second-order valence-electron chi connectivity index (χ2n) is 18.8. The lowest BCUT2D eigenvalue weighted by Crippen LogP contribution is -2.59. The van der Waals surface area contributed by atoms with Gasteiger partial charge in [-0.25, -0.2) is 4.85 Å². The largest absolute Gasteiger partial charge is 0.356 e. The maximum absolute atomic E-state index is 7.95. The molecule has 3 heterocycles. The number of anilines is 8. The lowest BCUT2D eigenvalue weighted by molar-refractivity contribution is 1.19. The number of aromatic nitrogens is 1. The van der Waals surface area contributed by atoms with Crippen molar-refractivity contribution >= 4 is 96.1 Å². The van der Waals surface area contributed by atoms with E-state index in [4.69, 9.17) is 6.57 Å². The van der Waals surface area contributed by atoms with Crippen LogP contribution in [0.1, 0.15) is 16.7 Å². The molecule has 6 heteroatoms. The summed E-state index contributed by atoms with van der Waals surface area (Å²) in [5, 5.41) is 6.59. The van der Waals surface area contributed by atoms with Crippen molar-refractivity contribution in [3.63, 3.8) is 0 Å². The minimum Gasteiger partial charge on any atom is -0.356 e. The molecule has 330 valence electrons. The van der Waals surface area contributed by atoms with E-state index in [0.717, 1.165) is 73.4 Å². The molecule has 0 saturated heterocycles. The molecular formula is C64H46BN5. The van der Waals surface area contributed by atoms with Crippen molar-refractivity contribution in [2.45, 2.75) is 20.8 Å². The van der Waals surface area contributed by atoms with Crippen molar-refractivity contribution in [1.29, 1.82) is 0 Å². The van der Waals surface area contributed by atoms with Gasteiger partial charge in [-0.15, -0.1) is 0 Å². The van der Waals surface area contributed by atoms with Gasteiger partial charge in [0.25, 0.3) is 6.71 Å². The molecule has 0 aliphatic carbocycles. The van der Waals surface area contributed by atoms with Crippen molar-refractivity contribution in [3.8, 4) is 27.9 Å². The van der Waals surface area contributed by atoms with Crippen LogP contribution in [0.2, 0.25) is 0 Å². The van der Waals surface area contributed by atoms with Crippen molar-refractivity contribution in [3.05, 3.63) is 246 Å². The average molecular weight is 896 g/mol. The van der Waals surface area contributed by atoms with E-state index in [0.29, 0.717) is 5.69 Å². The van der Waals surface area contributed by atoms with E-state index in [9.17, 15) is 0 Å². The first-order valence-electron chi connectivity index (χ1n) is 24.0. The number of hydrogen-bond acceptors (Lipinski definition) is 3. The quantitative estimate of drug-likeness (QED) is 0.122. The molecule has 2 aliphatic heterocycles. The van der Waals surface area contributed by atoms with Gasteiger partial charge in [0.05, 0.1) is 12.1 Å². The van der Waals surface area contributed by atoms with Gasteiger partial charge in [0, 0.05) is 73.0 Å². The molecule has 1 aromatic heterocycles. The van der Waals surface area contributed by atoms with Gasteiger partial charge in [-0.2, -0.15) is 0 Å². The van der Waals surface area contributed by atoms with Crippen molar-refractivity contribution in [2.75, 3.05) is 15.1 Å². The van der Waals surface area contributed by atoms with Crippen LogP contribution in [0.4, 0.5) is 51.2 Å². The minimum atomic E-state index is -0.184. The average Bonchev–Trinajstić information content (AvgIpc) is 3.73. The number of aryl methyl sites for hydroxylation is 3. The monoisotopic (exact) mass is 895 g/mol. The number of benzene rings is 10. The summed E-state index contributed by atoms with van der Waals surface area (Å²) < 4.78 is 2.53. The Morgan fingerprint density at radius 3 is 1.69 bits per heavy atom. The molecule has 70 heavy (non-hydrogen) atoms. The zero-order chi connectivity index (χ0) is 47.0. The maximum atomic E-state index is 7.95. The summed E-state index contributed by atoms with van der Waals surface area (Å²) in [6.45, 7) is 14.4. The van der Waals surface area contributed by atoms with Crippen molar-refractivity contribution in [1.82, 2.24) is 4.57 Å². The van der Waals surface area contributed by atoms with Crippen LogP contribution < -0.4 is 31.5 Å². The molecule has 5 nitrogen and oxygen atoms in total. The van der Waals surface area contributed by atoms with Gasteiger partial charge in [0.1, 0.15) is 0 Å². The first-order chi connectivity index (χ1) is 34.4. The molecule has 0 atom stereocenters. The highest BCUT2D eigenvalue weighted by Crippen LogP contribution is 2.46. The lowest BCUT2D eigenvalue weighted by Gasteiger charge is -2.38. The lowest BCUT2D eigenvalue weighted by atomic mass is 9.33. The highest BCUT2D eigenvalue weighted by Gasteiger charge is 2.42. The molecule has 2 aliphatic rings. The van der Waals surface area contributed by atoms with Crippen molar-refractivity contribution in [2.24, 2.45) is 0 Å². The molecule has 0 spiro atoms. The van der Waals surface area contributed by atoms with E-state index in [1.807, 2.05) is 18.2 Å². The summed E-state index contributed by atoms with van der Waals surface area (Å²) in [7, 11) is 0. The zero-order valence-corrected chi connectivity index (χ0v) is 39.2. The van der Waals surface area contributed by atoms with Crippen LogP contribution in [0.3, 0.4) is 0 Å². The Morgan fingerprint density at radius 1 is 0.471 bits per heavy atom. The van der Waals surface area contributed by atoms with Gasteiger partial charge in [-0.1, -0.05) is 126 Å². The first kappa shape index (κ1) is 41.2. The Hall–Kier alpha value is -9.05. The topological polar surface area (TPSA) is 27.8 Å². The van der Waals surface area contributed by atoms with Crippen LogP contribution in [0, 0.1) is 27.3 Å². The predicted molar refractivity (Wildman–Crippen MR) is 296 cm³/mol. The molecule has 0 fully saturated rings. The smallest absolute Gasteiger partial charge is 0.252 e. The number of rotatable bonds is 8. The number of fused-ring (bicyclic) bond motifs is 7. The van der Waals surface area contributed by atoms with E-state index in [-0.39, 0.29) is 6.71 Å². The van der Waals surface area contributed by atoms with E-state index >= 15 is 0 Å². The molecule has 0 unspecified atom stereocenters. The predicted octanol–water partition coefficient (Wildman–Crippen LogP) is 15.4. The zero-order valence-electron chi connectivity index (χ0n) is 39.2. The fraction of sp³-hybridized carbons (Fsp3) is 0.0469. The van der Waals surface area contributed by atoms with Crippen LogP contribution >= 0.6 is 0 Å². The summed E-state index contributed by atoms with van der Waals surface area (Å²) in [4.78, 5) is 8.67. The minimum absolute atomic E-state index is 0.184. The molecule has 1 N–H and O–H groups in total. The van der Waals surface area contributed by atoms with Crippen LogP contribution in [0.5, 0.6) is 0 Å². The van der Waals surface area contributed by atoms with Gasteiger partial charge < -0.3 is 19.7 Å². The van der Waals surface area contributed by atoms with Gasteiger partial charge in [0.15, 0.2) is 5.69 Å². The summed E-state index contributed by atoms with van der Waals surface area (Å²) in [6, 6.07) is 79.2. The van der Waals surface area contributed by atoms with Gasteiger partial charge in [-0.3, -0.25) is 0 Å². The fourth-order valence-corrected chi connectivity index (χ4v) is 11.2. The Balaban J connectivity index is 1.19. The Morgan fingerprint density at radius 2 is 1.06 bits per heavy atom. The van der Waals surface area contributed by atoms with E-state index in [2.05, 4.69) is 245 Å². The summed E-state index contributed by atoms with van der Waals surface area (Å²) in [5.41, 5.74) is 24.5. The number of para-hydroxylation sites is 4. The standard InChI is InChI=1S/C64H46BN5/c1-41-28-30-43(3)53(32-41)55-37-51(68(47-20-9-5-10-21-47)48-22-11-6-12-23-48)39-57-63(55)67-59-35-45(44-18-17-19-46(34-44)66-4)36-61-62(59)65(57)58-40-52(38-56-54-33-42(2)29-31-60(54)70(61)64(56)58)69(49-24-13-7-14-25-49)50-26-15-8-16-27-50/h5-40,67H,1-3H3. The van der Waals surface area contributed by atoms with Crippen LogP contribution in [0.25, 0.3) is 54.6 Å². The third-order valence-corrected chi connectivity index (χ3v) is 14.3. The number of nitrogens with one attached hydrogen (secondary N) is 1. The van der Waals surface area contributed by atoms with Crippen LogP contribution in [-0.2, 0) is 0 Å². The van der Waals surface area contributed by atoms with Crippen LogP contribution in [-0.4, -0.2) is 11.3 Å². The molecular weight excluding hydrogens is 850 g/mol. The summed E-state index contributed by atoms with van der Waals surface area (Å²) in [6.07, 6.45) is 0. The fourth-order valence-electron chi connectivity index (χ4n) is 11.2. The van der Waals surface area contributed by atoms with E-state index in [1.165, 1.54) is 54.9 Å². The first-order valence-corrected chi connectivity index (χ1v) is 24.0. The van der Waals surface area contributed by atoms with Gasteiger partial charge in [-0.05, 0) is 163 Å². The summed E-state index contributed by atoms with van der Waals surface area (Å²) in [5.74, 6) is 0. The molecule has 0 amide bonds. The third kappa shape index (κ3) is 6.62. The van der Waals surface area contributed by atoms with Gasteiger partial charge in [0.2, 0.25) is 0 Å². The molecule has 0 radical (unpaired) electrons. The Labute approximate surface area is 409 Å². The second-order valence-corrected chi connectivity index (χ2v) is 18.8. The highest BCUT2D eigenvalue weighted by molar-refractivity contribution is 7.00. The maximum Gasteiger partial charge on any atom is 0.252 e. The van der Waals surface area contributed by atoms with Crippen LogP contribution in [0.15, 0.2) is 218 Å². The Bertz CT molecular complexity index is 3830. The van der Waals surface area contributed by atoms with Crippen molar-refractivity contribution < 1.29 is 0 Å². The normalized spacial score (nSPS) is 12.0. The molecule has 11 aromatic rings. The highest BCUT2D eigenvalue weighted by atomic mass is 15.2. The number of hydrogen-bond donors (Lipinski definition) is 1. The molecule has 13 rings (SSSR count). The van der Waals surface area contributed by atoms with Gasteiger partial charge >= 0.3 is 0 Å². The summed E-state index contributed by atoms with van der Waals surface area (Å²) >= 11 is 0.